The van der Waals surface area contributed by atoms with Gasteiger partial charge in [0.1, 0.15) is 10.6 Å². The predicted molar refractivity (Wildman–Crippen MR) is 78.6 cm³/mol. The van der Waals surface area contributed by atoms with Crippen LogP contribution >= 0.6 is 10.7 Å². The maximum absolute atomic E-state index is 11.5. The molecule has 0 aliphatic rings. The van der Waals surface area contributed by atoms with Crippen LogP contribution in [0.1, 0.15) is 6.92 Å². The number of halogens is 1. The first-order valence-corrected chi connectivity index (χ1v) is 8.36. The Bertz CT molecular complexity index is 792. The van der Waals surface area contributed by atoms with E-state index in [0.717, 1.165) is 0 Å². The van der Waals surface area contributed by atoms with Crippen LogP contribution in [0.5, 0.6) is 5.75 Å². The molecule has 2 N–H and O–H groups in total. The van der Waals surface area contributed by atoms with E-state index < -0.39 is 20.9 Å². The SMILES string of the molecule is CC(COc1ccc(S(=O)(=O)Cl)c2ncccc12)C(N)=O. The van der Waals surface area contributed by atoms with Crippen LogP contribution < -0.4 is 10.5 Å². The molecule has 0 fully saturated rings. The van der Waals surface area contributed by atoms with Crippen LogP contribution in [-0.2, 0) is 13.8 Å². The summed E-state index contributed by atoms with van der Waals surface area (Å²) < 4.78 is 28.6. The van der Waals surface area contributed by atoms with Crippen LogP contribution in [-0.4, -0.2) is 25.9 Å². The summed E-state index contributed by atoms with van der Waals surface area (Å²) >= 11 is 0. The fraction of sp³-hybridized carbons (Fsp3) is 0.231. The highest BCUT2D eigenvalue weighted by atomic mass is 35.7. The van der Waals surface area contributed by atoms with Crippen molar-refractivity contribution in [1.82, 2.24) is 4.98 Å². The largest absolute Gasteiger partial charge is 0.492 e. The molecule has 1 unspecified atom stereocenters. The topological polar surface area (TPSA) is 99.3 Å². The quantitative estimate of drug-likeness (QED) is 0.841. The van der Waals surface area contributed by atoms with Crippen molar-refractivity contribution in [3.63, 3.8) is 0 Å². The van der Waals surface area contributed by atoms with Gasteiger partial charge in [0.2, 0.25) is 5.91 Å². The Morgan fingerprint density at radius 2 is 2.14 bits per heavy atom. The average molecular weight is 329 g/mol. The molecule has 112 valence electrons. The Balaban J connectivity index is 2.46. The van der Waals surface area contributed by atoms with E-state index in [-0.39, 0.29) is 17.0 Å². The van der Waals surface area contributed by atoms with E-state index in [2.05, 4.69) is 4.98 Å². The number of rotatable bonds is 5. The zero-order valence-corrected chi connectivity index (χ0v) is 12.7. The van der Waals surface area contributed by atoms with Gasteiger partial charge in [-0.3, -0.25) is 9.78 Å². The molecule has 2 aromatic rings. The molecule has 1 aromatic heterocycles. The molecule has 0 aliphatic carbocycles. The fourth-order valence-electron chi connectivity index (χ4n) is 1.74. The summed E-state index contributed by atoms with van der Waals surface area (Å²) in [5.74, 6) is -0.527. The summed E-state index contributed by atoms with van der Waals surface area (Å²) in [5, 5.41) is 0.496. The molecule has 0 saturated heterocycles. The molecule has 2 rings (SSSR count). The molecule has 0 aliphatic heterocycles. The van der Waals surface area contributed by atoms with Crippen molar-refractivity contribution in [1.29, 1.82) is 0 Å². The van der Waals surface area contributed by atoms with Crippen LogP contribution in [0.4, 0.5) is 0 Å². The van der Waals surface area contributed by atoms with Crippen LogP contribution in [0.2, 0.25) is 0 Å². The molecule has 1 heterocycles. The van der Waals surface area contributed by atoms with Gasteiger partial charge in [-0.2, -0.15) is 0 Å². The van der Waals surface area contributed by atoms with Gasteiger partial charge in [0.05, 0.1) is 18.0 Å². The van der Waals surface area contributed by atoms with Crippen LogP contribution in [0, 0.1) is 5.92 Å². The van der Waals surface area contributed by atoms with Gasteiger partial charge < -0.3 is 10.5 Å². The fourth-order valence-corrected chi connectivity index (χ4v) is 2.74. The second kappa shape index (κ2) is 5.87. The van der Waals surface area contributed by atoms with Crippen molar-refractivity contribution in [3.8, 4) is 5.75 Å². The van der Waals surface area contributed by atoms with E-state index in [1.54, 1.807) is 19.1 Å². The number of aromatic nitrogens is 1. The van der Waals surface area contributed by atoms with Crippen molar-refractivity contribution < 1.29 is 17.9 Å². The number of fused-ring (bicyclic) bond motifs is 1. The lowest BCUT2D eigenvalue weighted by Crippen LogP contribution is -2.25. The zero-order chi connectivity index (χ0) is 15.6. The van der Waals surface area contributed by atoms with E-state index >= 15 is 0 Å². The first kappa shape index (κ1) is 15.5. The smallest absolute Gasteiger partial charge is 0.263 e. The molecule has 1 atom stereocenters. The molecular formula is C13H13ClN2O4S. The standard InChI is InChI=1S/C13H13ClN2O4S/c1-8(13(15)17)7-20-10-4-5-11(21(14,18)19)12-9(10)3-2-6-16-12/h2-6,8H,7H2,1H3,(H2,15,17). The van der Waals surface area contributed by atoms with Crippen molar-refractivity contribution in [2.45, 2.75) is 11.8 Å². The van der Waals surface area contributed by atoms with Crippen LogP contribution in [0.15, 0.2) is 35.4 Å². The Labute approximate surface area is 126 Å². The van der Waals surface area contributed by atoms with Gasteiger partial charge in [0, 0.05) is 22.3 Å². The number of nitrogens with two attached hydrogens (primary N) is 1. The van der Waals surface area contributed by atoms with Gasteiger partial charge in [-0.15, -0.1) is 0 Å². The molecule has 0 radical (unpaired) electrons. The second-order valence-electron chi connectivity index (χ2n) is 4.51. The summed E-state index contributed by atoms with van der Waals surface area (Å²) in [6, 6.07) is 6.12. The summed E-state index contributed by atoms with van der Waals surface area (Å²) in [7, 11) is 1.48. The van der Waals surface area contributed by atoms with E-state index in [9.17, 15) is 13.2 Å². The number of primary amides is 1. The van der Waals surface area contributed by atoms with Crippen LogP contribution in [0.3, 0.4) is 0 Å². The first-order chi connectivity index (χ1) is 9.80. The number of amides is 1. The number of hydrogen-bond acceptors (Lipinski definition) is 5. The summed E-state index contributed by atoms with van der Waals surface area (Å²) in [5.41, 5.74) is 5.39. The molecule has 1 amide bonds. The monoisotopic (exact) mass is 328 g/mol. The Hall–Kier alpha value is -1.86. The number of benzene rings is 1. The van der Waals surface area contributed by atoms with Gasteiger partial charge in [-0.1, -0.05) is 6.92 Å². The maximum atomic E-state index is 11.5. The molecule has 8 heteroatoms. The van der Waals surface area contributed by atoms with Crippen LogP contribution in [0.25, 0.3) is 10.9 Å². The lowest BCUT2D eigenvalue weighted by molar-refractivity contribution is -0.122. The Morgan fingerprint density at radius 1 is 1.43 bits per heavy atom. The van der Waals surface area contributed by atoms with Crippen molar-refractivity contribution in [3.05, 3.63) is 30.5 Å². The zero-order valence-electron chi connectivity index (χ0n) is 11.1. The van der Waals surface area contributed by atoms with Crippen molar-refractivity contribution in [2.75, 3.05) is 6.61 Å². The molecule has 1 aromatic carbocycles. The van der Waals surface area contributed by atoms with Gasteiger partial charge in [-0.25, -0.2) is 8.42 Å². The minimum absolute atomic E-state index is 0.0879. The van der Waals surface area contributed by atoms with E-state index in [1.165, 1.54) is 18.3 Å². The third kappa shape index (κ3) is 3.43. The van der Waals surface area contributed by atoms with E-state index in [4.69, 9.17) is 21.2 Å². The Kier molecular flexibility index (Phi) is 4.34. The average Bonchev–Trinajstić information content (AvgIpc) is 2.42. The number of hydrogen-bond donors (Lipinski definition) is 1. The lowest BCUT2D eigenvalue weighted by atomic mass is 10.2. The van der Waals surface area contributed by atoms with Gasteiger partial charge >= 0.3 is 0 Å². The third-order valence-corrected chi connectivity index (χ3v) is 4.28. The molecule has 0 saturated carbocycles. The summed E-state index contributed by atoms with van der Waals surface area (Å²) in [6.45, 7) is 1.73. The highest BCUT2D eigenvalue weighted by molar-refractivity contribution is 8.14. The first-order valence-electron chi connectivity index (χ1n) is 6.05. The summed E-state index contributed by atoms with van der Waals surface area (Å²) in [4.78, 5) is 15.0. The minimum atomic E-state index is -3.91. The maximum Gasteiger partial charge on any atom is 0.263 e. The van der Waals surface area contributed by atoms with Gasteiger partial charge in [-0.05, 0) is 24.3 Å². The number of ether oxygens (including phenoxy) is 1. The van der Waals surface area contributed by atoms with E-state index in [0.29, 0.717) is 11.1 Å². The van der Waals surface area contributed by atoms with Gasteiger partial charge in [0.25, 0.3) is 9.05 Å². The number of carbonyl (C=O) groups is 1. The lowest BCUT2D eigenvalue weighted by Gasteiger charge is -2.13. The van der Waals surface area contributed by atoms with Crippen molar-refractivity contribution in [2.24, 2.45) is 11.7 Å². The number of nitrogens with zero attached hydrogens (tertiary/aromatic N) is 1. The molecule has 21 heavy (non-hydrogen) atoms. The number of carbonyl (C=O) groups excluding carboxylic acids is 1. The molecule has 6 nitrogen and oxygen atoms in total. The second-order valence-corrected chi connectivity index (χ2v) is 7.05. The summed E-state index contributed by atoms with van der Waals surface area (Å²) in [6.07, 6.45) is 1.46. The van der Waals surface area contributed by atoms with Crippen molar-refractivity contribution >= 4 is 36.5 Å². The Morgan fingerprint density at radius 3 is 2.76 bits per heavy atom. The highest BCUT2D eigenvalue weighted by Gasteiger charge is 2.18. The van der Waals surface area contributed by atoms with Gasteiger partial charge in [0.15, 0.2) is 0 Å². The number of pyridine rings is 1. The van der Waals surface area contributed by atoms with E-state index in [1.807, 2.05) is 0 Å². The third-order valence-electron chi connectivity index (χ3n) is 2.93. The molecular weight excluding hydrogens is 316 g/mol. The minimum Gasteiger partial charge on any atom is -0.492 e. The normalized spacial score (nSPS) is 13.0. The predicted octanol–water partition coefficient (Wildman–Crippen LogP) is 1.66. The molecule has 0 bridgehead atoms. The highest BCUT2D eigenvalue weighted by Crippen LogP contribution is 2.31. The molecule has 0 spiro atoms.